The van der Waals surface area contributed by atoms with Crippen molar-refractivity contribution < 1.29 is 9.47 Å². The van der Waals surface area contributed by atoms with Crippen molar-refractivity contribution in [3.63, 3.8) is 0 Å². The van der Waals surface area contributed by atoms with Gasteiger partial charge in [0, 0.05) is 39.8 Å². The zero-order chi connectivity index (χ0) is 19.9. The molecule has 1 aromatic heterocycles. The number of guanidine groups is 1. The van der Waals surface area contributed by atoms with Crippen molar-refractivity contribution in [2.75, 3.05) is 52.3 Å². The van der Waals surface area contributed by atoms with Gasteiger partial charge in [-0.15, -0.1) is 0 Å². The van der Waals surface area contributed by atoms with Crippen molar-refractivity contribution >= 4 is 27.8 Å². The molecule has 0 radical (unpaired) electrons. The Labute approximate surface area is 173 Å². The maximum absolute atomic E-state index is 5.28. The lowest BCUT2D eigenvalue weighted by Crippen LogP contribution is -2.52. The number of hydrogen-bond acceptors (Lipinski definition) is 6. The van der Waals surface area contributed by atoms with Crippen LogP contribution < -0.4 is 19.7 Å². The molecular formula is C19H25BrN6O2. The van der Waals surface area contributed by atoms with E-state index in [1.165, 1.54) is 0 Å². The number of rotatable bonds is 5. The topological polar surface area (TPSA) is 75.1 Å². The third-order valence-electron chi connectivity index (χ3n) is 4.55. The minimum absolute atomic E-state index is 0.545. The number of piperazine rings is 1. The van der Waals surface area contributed by atoms with Crippen molar-refractivity contribution in [3.05, 3.63) is 40.5 Å². The summed E-state index contributed by atoms with van der Waals surface area (Å²) in [7, 11) is 5.09. The lowest BCUT2D eigenvalue weighted by atomic mass is 10.2. The predicted molar refractivity (Wildman–Crippen MR) is 113 cm³/mol. The number of hydrogen-bond donors (Lipinski definition) is 1. The summed E-state index contributed by atoms with van der Waals surface area (Å²) in [6.45, 7) is 3.98. The van der Waals surface area contributed by atoms with Crippen LogP contribution in [0.15, 0.2) is 39.9 Å². The zero-order valence-corrected chi connectivity index (χ0v) is 17.9. The van der Waals surface area contributed by atoms with Gasteiger partial charge in [-0.1, -0.05) is 12.1 Å². The summed E-state index contributed by atoms with van der Waals surface area (Å²) in [4.78, 5) is 17.7. The SMILES string of the molecule is CN=C(NCc1cccc(OC)c1)N1CCN(c2ncc(Br)c(OC)n2)CC1. The van der Waals surface area contributed by atoms with Crippen molar-refractivity contribution in [2.45, 2.75) is 6.54 Å². The van der Waals surface area contributed by atoms with Gasteiger partial charge in [0.2, 0.25) is 11.8 Å². The third kappa shape index (κ3) is 4.83. The molecule has 2 heterocycles. The quantitative estimate of drug-likeness (QED) is 0.554. The van der Waals surface area contributed by atoms with Crippen LogP contribution in [0.2, 0.25) is 0 Å². The molecule has 0 saturated carbocycles. The van der Waals surface area contributed by atoms with E-state index < -0.39 is 0 Å². The number of ether oxygens (including phenoxy) is 2. The van der Waals surface area contributed by atoms with Crippen LogP contribution in [0.1, 0.15) is 5.56 Å². The lowest BCUT2D eigenvalue weighted by molar-refractivity contribution is 0.366. The van der Waals surface area contributed by atoms with Crippen molar-refractivity contribution in [2.24, 2.45) is 4.99 Å². The number of aliphatic imine (C=N–C) groups is 1. The molecule has 1 aliphatic rings. The summed E-state index contributed by atoms with van der Waals surface area (Å²) in [5.41, 5.74) is 1.15. The summed E-state index contributed by atoms with van der Waals surface area (Å²) < 4.78 is 11.3. The molecule has 0 bridgehead atoms. The summed E-state index contributed by atoms with van der Waals surface area (Å²) in [6.07, 6.45) is 1.72. The van der Waals surface area contributed by atoms with Gasteiger partial charge >= 0.3 is 0 Å². The van der Waals surface area contributed by atoms with Crippen molar-refractivity contribution in [1.29, 1.82) is 0 Å². The molecule has 150 valence electrons. The van der Waals surface area contributed by atoms with Crippen LogP contribution in [-0.4, -0.2) is 68.3 Å². The molecule has 2 aromatic rings. The molecule has 28 heavy (non-hydrogen) atoms. The summed E-state index contributed by atoms with van der Waals surface area (Å²) >= 11 is 3.39. The van der Waals surface area contributed by atoms with Crippen LogP contribution in [-0.2, 0) is 6.54 Å². The molecule has 1 fully saturated rings. The largest absolute Gasteiger partial charge is 0.497 e. The van der Waals surface area contributed by atoms with Crippen LogP contribution in [0.4, 0.5) is 5.95 Å². The first-order valence-electron chi connectivity index (χ1n) is 9.04. The van der Waals surface area contributed by atoms with Gasteiger partial charge in [0.25, 0.3) is 0 Å². The molecule has 0 unspecified atom stereocenters. The minimum atomic E-state index is 0.545. The van der Waals surface area contributed by atoms with Crippen molar-refractivity contribution in [1.82, 2.24) is 20.2 Å². The van der Waals surface area contributed by atoms with Gasteiger partial charge in [-0.3, -0.25) is 4.99 Å². The monoisotopic (exact) mass is 448 g/mol. The summed E-state index contributed by atoms with van der Waals surface area (Å²) in [6, 6.07) is 8.02. The van der Waals surface area contributed by atoms with Gasteiger partial charge in [0.1, 0.15) is 5.75 Å². The van der Waals surface area contributed by atoms with E-state index in [4.69, 9.17) is 9.47 Å². The van der Waals surface area contributed by atoms with Gasteiger partial charge in [-0.25, -0.2) is 4.98 Å². The average molecular weight is 449 g/mol. The zero-order valence-electron chi connectivity index (χ0n) is 16.4. The first-order valence-corrected chi connectivity index (χ1v) is 9.84. The van der Waals surface area contributed by atoms with Gasteiger partial charge < -0.3 is 24.6 Å². The standard InChI is InChI=1S/C19H25BrN6O2/c1-21-18(22-12-14-5-4-6-15(11-14)27-2)25-7-9-26(10-8-25)19-23-13-16(20)17(24-19)28-3/h4-6,11,13H,7-10,12H2,1-3H3,(H,21,22). The number of anilines is 1. The minimum Gasteiger partial charge on any atom is -0.497 e. The van der Waals surface area contributed by atoms with Gasteiger partial charge in [0.15, 0.2) is 5.96 Å². The fraction of sp³-hybridized carbons (Fsp3) is 0.421. The van der Waals surface area contributed by atoms with E-state index in [0.717, 1.165) is 47.9 Å². The van der Waals surface area contributed by atoms with Gasteiger partial charge in [0.05, 0.1) is 24.9 Å². The lowest BCUT2D eigenvalue weighted by Gasteiger charge is -2.36. The molecule has 0 aliphatic carbocycles. The van der Waals surface area contributed by atoms with Crippen LogP contribution in [0.3, 0.4) is 0 Å². The predicted octanol–water partition coefficient (Wildman–Crippen LogP) is 2.15. The Kier molecular flexibility index (Phi) is 6.91. The van der Waals surface area contributed by atoms with Gasteiger partial charge in [-0.05, 0) is 33.6 Å². The second kappa shape index (κ2) is 9.59. The van der Waals surface area contributed by atoms with Gasteiger partial charge in [-0.2, -0.15) is 4.98 Å². The molecule has 0 atom stereocenters. The Hall–Kier alpha value is -2.55. The smallest absolute Gasteiger partial charge is 0.232 e. The highest BCUT2D eigenvalue weighted by atomic mass is 79.9. The molecular weight excluding hydrogens is 424 g/mol. The Morgan fingerprint density at radius 1 is 1.21 bits per heavy atom. The number of aromatic nitrogens is 2. The first kappa shape index (κ1) is 20.2. The van der Waals surface area contributed by atoms with Crippen LogP contribution >= 0.6 is 15.9 Å². The molecule has 0 spiro atoms. The van der Waals surface area contributed by atoms with E-state index in [2.05, 4.69) is 52.1 Å². The number of methoxy groups -OCH3 is 2. The van der Waals surface area contributed by atoms with Crippen LogP contribution in [0.5, 0.6) is 11.6 Å². The van der Waals surface area contributed by atoms with E-state index in [-0.39, 0.29) is 0 Å². The van der Waals surface area contributed by atoms with E-state index in [1.807, 2.05) is 25.2 Å². The maximum Gasteiger partial charge on any atom is 0.232 e. The normalized spacial score (nSPS) is 14.8. The number of nitrogens with one attached hydrogen (secondary N) is 1. The number of benzene rings is 1. The maximum atomic E-state index is 5.28. The third-order valence-corrected chi connectivity index (χ3v) is 5.10. The van der Waals surface area contributed by atoms with Crippen LogP contribution in [0.25, 0.3) is 0 Å². The van der Waals surface area contributed by atoms with E-state index in [1.54, 1.807) is 20.4 Å². The molecule has 1 N–H and O–H groups in total. The fourth-order valence-electron chi connectivity index (χ4n) is 3.05. The van der Waals surface area contributed by atoms with E-state index >= 15 is 0 Å². The second-order valence-electron chi connectivity index (χ2n) is 6.25. The molecule has 1 aliphatic heterocycles. The highest BCUT2D eigenvalue weighted by Gasteiger charge is 2.22. The molecule has 1 aromatic carbocycles. The Morgan fingerprint density at radius 2 is 2.00 bits per heavy atom. The number of nitrogens with zero attached hydrogens (tertiary/aromatic N) is 5. The van der Waals surface area contributed by atoms with E-state index in [0.29, 0.717) is 18.4 Å². The Balaban J connectivity index is 1.56. The van der Waals surface area contributed by atoms with Crippen LogP contribution in [0, 0.1) is 0 Å². The van der Waals surface area contributed by atoms with E-state index in [9.17, 15) is 0 Å². The summed E-state index contributed by atoms with van der Waals surface area (Å²) in [5, 5.41) is 3.43. The molecule has 9 heteroatoms. The van der Waals surface area contributed by atoms with Crippen molar-refractivity contribution in [3.8, 4) is 11.6 Å². The average Bonchev–Trinajstić information content (AvgIpc) is 2.75. The number of halogens is 1. The molecule has 8 nitrogen and oxygen atoms in total. The summed E-state index contributed by atoms with van der Waals surface area (Å²) in [5.74, 6) is 2.96. The highest BCUT2D eigenvalue weighted by molar-refractivity contribution is 9.10. The molecule has 0 amide bonds. The second-order valence-corrected chi connectivity index (χ2v) is 7.11. The molecule has 1 saturated heterocycles. The highest BCUT2D eigenvalue weighted by Crippen LogP contribution is 2.24. The fourth-order valence-corrected chi connectivity index (χ4v) is 3.41. The molecule has 3 rings (SSSR count). The Bertz CT molecular complexity index is 824. The Morgan fingerprint density at radius 3 is 2.68 bits per heavy atom. The first-order chi connectivity index (χ1) is 13.6.